The number of rotatable bonds is 4. The van der Waals surface area contributed by atoms with Gasteiger partial charge in [0.25, 0.3) is 5.69 Å². The predicted octanol–water partition coefficient (Wildman–Crippen LogP) is 3.58. The van der Waals surface area contributed by atoms with Crippen LogP contribution >= 0.6 is 22.6 Å². The Morgan fingerprint density at radius 1 is 1.14 bits per heavy atom. The molecule has 0 radical (unpaired) electrons. The summed E-state index contributed by atoms with van der Waals surface area (Å²) in [6.07, 6.45) is 0. The molecule has 0 amide bonds. The van der Waals surface area contributed by atoms with Gasteiger partial charge in [-0.05, 0) is 71.8 Å². The molecule has 0 unspecified atom stereocenters. The second-order valence-electron chi connectivity index (χ2n) is 4.66. The molecule has 0 heterocycles. The van der Waals surface area contributed by atoms with Gasteiger partial charge in [0.2, 0.25) is 0 Å². The molecule has 116 valence electrons. The largest absolute Gasteiger partial charge is 0.379 e. The van der Waals surface area contributed by atoms with E-state index >= 15 is 0 Å². The third-order valence-corrected chi connectivity index (χ3v) is 4.99. The first-order valence-corrected chi connectivity index (χ1v) is 8.65. The second-order valence-corrected chi connectivity index (χ2v) is 7.42. The number of nitro groups is 1. The topological polar surface area (TPSA) is 86.5 Å². The predicted molar refractivity (Wildman–Crippen MR) is 89.5 cm³/mol. The molecule has 0 saturated carbocycles. The number of nitro benzene ring substituents is 1. The smallest absolute Gasteiger partial charge is 0.346 e. The molecule has 2 aromatic carbocycles. The quantitative estimate of drug-likeness (QED) is 0.319. The number of nitrogens with zero attached hydrogens (tertiary/aromatic N) is 1. The zero-order chi connectivity index (χ0) is 16.5. The van der Waals surface area contributed by atoms with Crippen LogP contribution in [-0.4, -0.2) is 13.3 Å². The van der Waals surface area contributed by atoms with Crippen molar-refractivity contribution < 1.29 is 17.5 Å². The lowest BCUT2D eigenvalue weighted by Gasteiger charge is -2.09. The van der Waals surface area contributed by atoms with Gasteiger partial charge < -0.3 is 4.18 Å². The van der Waals surface area contributed by atoms with Gasteiger partial charge >= 0.3 is 10.1 Å². The van der Waals surface area contributed by atoms with Gasteiger partial charge in [-0.1, -0.05) is 6.07 Å². The van der Waals surface area contributed by atoms with Gasteiger partial charge in [-0.15, -0.1) is 0 Å². The molecule has 0 saturated heterocycles. The van der Waals surface area contributed by atoms with E-state index in [0.717, 1.165) is 3.57 Å². The monoisotopic (exact) mass is 433 g/mol. The van der Waals surface area contributed by atoms with Crippen LogP contribution in [0.5, 0.6) is 5.75 Å². The minimum Gasteiger partial charge on any atom is -0.379 e. The third-order valence-electron chi connectivity index (χ3n) is 3.04. The van der Waals surface area contributed by atoms with Crippen LogP contribution in [0.1, 0.15) is 11.1 Å². The number of aryl methyl sites for hydroxylation is 2. The highest BCUT2D eigenvalue weighted by Crippen LogP contribution is 2.30. The fourth-order valence-electron chi connectivity index (χ4n) is 1.81. The first-order valence-electron chi connectivity index (χ1n) is 6.16. The Labute approximate surface area is 141 Å². The summed E-state index contributed by atoms with van der Waals surface area (Å²) in [6.45, 7) is 3.36. The summed E-state index contributed by atoms with van der Waals surface area (Å²) in [5.74, 6) is 0.111. The zero-order valence-electron chi connectivity index (χ0n) is 11.7. The van der Waals surface area contributed by atoms with Crippen molar-refractivity contribution in [1.82, 2.24) is 0 Å². The van der Waals surface area contributed by atoms with E-state index in [9.17, 15) is 18.5 Å². The summed E-state index contributed by atoms with van der Waals surface area (Å²) >= 11 is 2.02. The van der Waals surface area contributed by atoms with Gasteiger partial charge in [0.15, 0.2) is 4.90 Å². The Morgan fingerprint density at radius 3 is 2.36 bits per heavy atom. The van der Waals surface area contributed by atoms with E-state index in [2.05, 4.69) is 0 Å². The van der Waals surface area contributed by atoms with Gasteiger partial charge in [0.05, 0.1) is 4.92 Å². The molecular formula is C14H12INO5S. The number of halogens is 1. The standard InChI is InChI=1S/C14H12INO5S/c1-9-6-13(16(17)18)14(7-10(9)2)22(19,20)21-12-5-3-4-11(15)8-12/h3-8H,1-2H3. The third kappa shape index (κ3) is 3.55. The lowest BCUT2D eigenvalue weighted by atomic mass is 10.1. The van der Waals surface area contributed by atoms with Crippen LogP contribution in [0.25, 0.3) is 0 Å². The number of benzene rings is 2. The molecule has 0 aliphatic heterocycles. The lowest BCUT2D eigenvalue weighted by Crippen LogP contribution is -2.12. The van der Waals surface area contributed by atoms with E-state index in [0.29, 0.717) is 11.1 Å². The maximum Gasteiger partial charge on any atom is 0.346 e. The zero-order valence-corrected chi connectivity index (χ0v) is 14.7. The van der Waals surface area contributed by atoms with Crippen LogP contribution in [0.4, 0.5) is 5.69 Å². The molecule has 0 spiro atoms. The molecule has 0 atom stereocenters. The highest BCUT2D eigenvalue weighted by molar-refractivity contribution is 14.1. The van der Waals surface area contributed by atoms with Gasteiger partial charge in [0.1, 0.15) is 5.75 Å². The van der Waals surface area contributed by atoms with Crippen LogP contribution in [0.2, 0.25) is 0 Å². The average molecular weight is 433 g/mol. The summed E-state index contributed by atoms with van der Waals surface area (Å²) in [7, 11) is -4.29. The molecule has 0 fully saturated rings. The molecule has 0 aromatic heterocycles. The van der Waals surface area contributed by atoms with Gasteiger partial charge in [-0.3, -0.25) is 10.1 Å². The summed E-state index contributed by atoms with van der Waals surface area (Å²) in [5.41, 5.74) is 0.782. The maximum absolute atomic E-state index is 12.4. The van der Waals surface area contributed by atoms with E-state index < -0.39 is 25.6 Å². The van der Waals surface area contributed by atoms with Crippen molar-refractivity contribution in [3.63, 3.8) is 0 Å². The van der Waals surface area contributed by atoms with Crippen LogP contribution in [0.15, 0.2) is 41.3 Å². The summed E-state index contributed by atoms with van der Waals surface area (Å²) in [4.78, 5) is 9.95. The molecule has 0 bridgehead atoms. The Bertz CT molecular complexity index is 848. The summed E-state index contributed by atoms with van der Waals surface area (Å²) in [5, 5.41) is 11.1. The van der Waals surface area contributed by atoms with Crippen molar-refractivity contribution in [3.8, 4) is 5.75 Å². The summed E-state index contributed by atoms with van der Waals surface area (Å²) in [6, 6.07) is 8.93. The molecular weight excluding hydrogens is 421 g/mol. The van der Waals surface area contributed by atoms with Crippen LogP contribution in [-0.2, 0) is 10.1 Å². The SMILES string of the molecule is Cc1cc([N+](=O)[O-])c(S(=O)(=O)Oc2cccc(I)c2)cc1C. The molecule has 22 heavy (non-hydrogen) atoms. The van der Waals surface area contributed by atoms with Crippen LogP contribution < -0.4 is 4.18 Å². The molecule has 0 aliphatic rings. The average Bonchev–Trinajstić information content (AvgIpc) is 2.40. The van der Waals surface area contributed by atoms with Crippen molar-refractivity contribution in [3.05, 3.63) is 61.2 Å². The molecule has 2 aromatic rings. The lowest BCUT2D eigenvalue weighted by molar-refractivity contribution is -0.387. The molecule has 6 nitrogen and oxygen atoms in total. The first-order chi connectivity index (χ1) is 10.2. The minimum absolute atomic E-state index is 0.111. The molecule has 2 rings (SSSR count). The molecule has 8 heteroatoms. The first kappa shape index (κ1) is 16.7. The van der Waals surface area contributed by atoms with Crippen LogP contribution in [0.3, 0.4) is 0 Å². The highest BCUT2D eigenvalue weighted by atomic mass is 127. The van der Waals surface area contributed by atoms with Gasteiger partial charge in [-0.25, -0.2) is 0 Å². The normalized spacial score (nSPS) is 11.2. The molecule has 0 aliphatic carbocycles. The van der Waals surface area contributed by atoms with E-state index in [-0.39, 0.29) is 5.75 Å². The highest BCUT2D eigenvalue weighted by Gasteiger charge is 2.28. The van der Waals surface area contributed by atoms with Crippen molar-refractivity contribution in [1.29, 1.82) is 0 Å². The van der Waals surface area contributed by atoms with Gasteiger partial charge in [-0.2, -0.15) is 8.42 Å². The van der Waals surface area contributed by atoms with Crippen molar-refractivity contribution in [2.75, 3.05) is 0 Å². The maximum atomic E-state index is 12.4. The van der Waals surface area contributed by atoms with Crippen molar-refractivity contribution in [2.24, 2.45) is 0 Å². The van der Waals surface area contributed by atoms with Crippen molar-refractivity contribution in [2.45, 2.75) is 18.7 Å². The molecule has 0 N–H and O–H groups in total. The van der Waals surface area contributed by atoms with E-state index in [1.54, 1.807) is 26.0 Å². The fraction of sp³-hybridized carbons (Fsp3) is 0.143. The van der Waals surface area contributed by atoms with E-state index in [1.807, 2.05) is 22.6 Å². The fourth-order valence-corrected chi connectivity index (χ4v) is 3.48. The van der Waals surface area contributed by atoms with Crippen molar-refractivity contribution >= 4 is 38.4 Å². The second kappa shape index (κ2) is 6.21. The van der Waals surface area contributed by atoms with Crippen LogP contribution in [0, 0.1) is 27.5 Å². The summed E-state index contributed by atoms with van der Waals surface area (Å²) < 4.78 is 30.6. The van der Waals surface area contributed by atoms with Gasteiger partial charge in [0, 0.05) is 9.64 Å². The number of hydrogen-bond donors (Lipinski definition) is 0. The minimum atomic E-state index is -4.29. The van der Waals surface area contributed by atoms with E-state index in [1.165, 1.54) is 24.3 Å². The Morgan fingerprint density at radius 2 is 1.77 bits per heavy atom. The Hall–Kier alpha value is -1.68. The number of hydrogen-bond acceptors (Lipinski definition) is 5. The Kier molecular flexibility index (Phi) is 4.71. The van der Waals surface area contributed by atoms with E-state index in [4.69, 9.17) is 4.18 Å². The Balaban J connectivity index is 2.54.